The molecular weight excluding hydrogens is 271 g/mol. The van der Waals surface area contributed by atoms with Crippen molar-refractivity contribution in [3.63, 3.8) is 0 Å². The molecule has 18 heavy (non-hydrogen) atoms. The van der Waals surface area contributed by atoms with Crippen molar-refractivity contribution >= 4 is 34.8 Å². The van der Waals surface area contributed by atoms with E-state index in [1.54, 1.807) is 18.2 Å². The fourth-order valence-corrected chi connectivity index (χ4v) is 2.62. The summed E-state index contributed by atoms with van der Waals surface area (Å²) < 4.78 is 0. The third kappa shape index (κ3) is 3.79. The Morgan fingerprint density at radius 3 is 2.39 bits per heavy atom. The van der Waals surface area contributed by atoms with E-state index in [1.807, 2.05) is 4.90 Å². The van der Waals surface area contributed by atoms with Gasteiger partial charge in [0.05, 0.1) is 0 Å². The van der Waals surface area contributed by atoms with Crippen molar-refractivity contribution in [1.82, 2.24) is 4.90 Å². The Hall–Kier alpha value is -0.930. The van der Waals surface area contributed by atoms with E-state index in [1.165, 1.54) is 0 Å². The molecule has 0 saturated carbocycles. The predicted octanol–water partition coefficient (Wildman–Crippen LogP) is 3.42. The number of benzene rings is 1. The Balaban J connectivity index is 1.79. The minimum Gasteiger partial charge on any atom is -0.384 e. The highest BCUT2D eigenvalue weighted by atomic mass is 35.5. The summed E-state index contributed by atoms with van der Waals surface area (Å²) in [6.45, 7) is 2.41. The normalized spacial score (nSPS) is 14.9. The second-order valence-corrected chi connectivity index (χ2v) is 5.30. The van der Waals surface area contributed by atoms with E-state index in [-0.39, 0.29) is 5.91 Å². The Labute approximate surface area is 117 Å². The molecule has 0 aliphatic carbocycles. The fourth-order valence-electron chi connectivity index (χ4n) is 2.09. The summed E-state index contributed by atoms with van der Waals surface area (Å²) >= 11 is 11.8. The molecule has 1 aliphatic rings. The maximum atomic E-state index is 11.8. The zero-order valence-electron chi connectivity index (χ0n) is 10.1. The molecule has 0 spiro atoms. The number of rotatable bonds is 4. The number of hydrogen-bond donors (Lipinski definition) is 1. The molecular formula is C13H16Cl2N2O. The molecule has 0 bridgehead atoms. The molecule has 1 heterocycles. The first-order valence-corrected chi connectivity index (χ1v) is 6.88. The van der Waals surface area contributed by atoms with Crippen LogP contribution < -0.4 is 5.32 Å². The van der Waals surface area contributed by atoms with Gasteiger partial charge in [-0.3, -0.25) is 4.79 Å². The molecule has 1 aromatic rings. The van der Waals surface area contributed by atoms with Crippen LogP contribution in [0.2, 0.25) is 10.0 Å². The van der Waals surface area contributed by atoms with Crippen LogP contribution in [0.3, 0.4) is 0 Å². The lowest BCUT2D eigenvalue weighted by molar-refractivity contribution is -0.129. The number of halogens is 2. The minimum absolute atomic E-state index is 0.216. The lowest BCUT2D eigenvalue weighted by atomic mass is 10.3. The molecule has 1 saturated heterocycles. The number of nitrogens with zero attached hydrogens (tertiary/aromatic N) is 1. The van der Waals surface area contributed by atoms with Crippen molar-refractivity contribution in [3.05, 3.63) is 28.2 Å². The molecule has 2 rings (SSSR count). The van der Waals surface area contributed by atoms with Gasteiger partial charge < -0.3 is 10.2 Å². The van der Waals surface area contributed by atoms with Gasteiger partial charge in [0, 0.05) is 41.8 Å². The first kappa shape index (κ1) is 13.5. The van der Waals surface area contributed by atoms with E-state index in [0.29, 0.717) is 23.0 Å². The minimum atomic E-state index is 0.216. The van der Waals surface area contributed by atoms with Crippen LogP contribution in [0.4, 0.5) is 5.69 Å². The Kier molecular flexibility index (Phi) is 4.72. The monoisotopic (exact) mass is 286 g/mol. The number of amides is 1. The second-order valence-electron chi connectivity index (χ2n) is 4.42. The summed E-state index contributed by atoms with van der Waals surface area (Å²) in [5, 5.41) is 4.35. The van der Waals surface area contributed by atoms with Gasteiger partial charge in [-0.1, -0.05) is 23.2 Å². The van der Waals surface area contributed by atoms with Crippen molar-refractivity contribution in [2.24, 2.45) is 0 Å². The van der Waals surface area contributed by atoms with E-state index in [4.69, 9.17) is 23.2 Å². The summed E-state index contributed by atoms with van der Waals surface area (Å²) in [4.78, 5) is 13.7. The van der Waals surface area contributed by atoms with Gasteiger partial charge in [0.1, 0.15) is 0 Å². The highest BCUT2D eigenvalue weighted by molar-refractivity contribution is 6.35. The van der Waals surface area contributed by atoms with E-state index in [2.05, 4.69) is 5.32 Å². The molecule has 0 atom stereocenters. The number of carbonyl (C=O) groups excluding carboxylic acids is 1. The third-order valence-corrected chi connectivity index (χ3v) is 3.43. The number of likely N-dealkylation sites (tertiary alicyclic amines) is 1. The van der Waals surface area contributed by atoms with Gasteiger partial charge in [-0.05, 0) is 31.0 Å². The number of nitrogens with one attached hydrogen (secondary N) is 1. The highest BCUT2D eigenvalue weighted by Crippen LogP contribution is 2.22. The topological polar surface area (TPSA) is 32.3 Å². The van der Waals surface area contributed by atoms with E-state index < -0.39 is 0 Å². The van der Waals surface area contributed by atoms with E-state index in [9.17, 15) is 4.79 Å². The molecule has 1 amide bonds. The second kappa shape index (κ2) is 6.30. The first-order chi connectivity index (χ1) is 8.65. The van der Waals surface area contributed by atoms with E-state index in [0.717, 1.165) is 31.6 Å². The van der Waals surface area contributed by atoms with Crippen LogP contribution in [0, 0.1) is 0 Å². The maximum absolute atomic E-state index is 11.8. The lowest BCUT2D eigenvalue weighted by Crippen LogP contribution is -2.29. The molecule has 0 unspecified atom stereocenters. The Morgan fingerprint density at radius 2 is 1.78 bits per heavy atom. The van der Waals surface area contributed by atoms with Gasteiger partial charge >= 0.3 is 0 Å². The lowest BCUT2D eigenvalue weighted by Gasteiger charge is -2.15. The molecule has 1 aliphatic heterocycles. The van der Waals surface area contributed by atoms with Gasteiger partial charge in [0.25, 0.3) is 0 Å². The summed E-state index contributed by atoms with van der Waals surface area (Å²) in [6, 6.07) is 5.28. The highest BCUT2D eigenvalue weighted by Gasteiger charge is 2.16. The van der Waals surface area contributed by atoms with Crippen molar-refractivity contribution in [2.75, 3.05) is 25.0 Å². The van der Waals surface area contributed by atoms with Gasteiger partial charge in [-0.15, -0.1) is 0 Å². The van der Waals surface area contributed by atoms with Gasteiger partial charge in [0.2, 0.25) is 5.91 Å². The smallest absolute Gasteiger partial charge is 0.224 e. The van der Waals surface area contributed by atoms with E-state index >= 15 is 0 Å². The molecule has 3 nitrogen and oxygen atoms in total. The molecule has 1 N–H and O–H groups in total. The first-order valence-electron chi connectivity index (χ1n) is 6.13. The molecule has 5 heteroatoms. The largest absolute Gasteiger partial charge is 0.384 e. The maximum Gasteiger partial charge on any atom is 0.224 e. The summed E-state index contributed by atoms with van der Waals surface area (Å²) in [5.74, 6) is 0.216. The van der Waals surface area contributed by atoms with Crippen LogP contribution in [0.15, 0.2) is 18.2 Å². The van der Waals surface area contributed by atoms with Crippen LogP contribution in [-0.2, 0) is 4.79 Å². The average molecular weight is 287 g/mol. The summed E-state index contributed by atoms with van der Waals surface area (Å²) in [6.07, 6.45) is 2.76. The Bertz CT molecular complexity index is 411. The third-order valence-electron chi connectivity index (χ3n) is 2.99. The summed E-state index contributed by atoms with van der Waals surface area (Å²) in [5.41, 5.74) is 0.849. The number of anilines is 1. The number of hydrogen-bond acceptors (Lipinski definition) is 2. The average Bonchev–Trinajstić information content (AvgIpc) is 2.80. The molecule has 0 radical (unpaired) electrons. The van der Waals surface area contributed by atoms with Crippen LogP contribution in [0.5, 0.6) is 0 Å². The standard InChI is InChI=1S/C13H16Cl2N2O/c14-10-7-11(15)9-12(8-10)16-4-3-13(18)17-5-1-2-6-17/h7-9,16H,1-6H2. The van der Waals surface area contributed by atoms with Crippen molar-refractivity contribution < 1.29 is 4.79 Å². The zero-order valence-corrected chi connectivity index (χ0v) is 11.6. The van der Waals surface area contributed by atoms with Crippen molar-refractivity contribution in [2.45, 2.75) is 19.3 Å². The van der Waals surface area contributed by atoms with Crippen LogP contribution in [0.25, 0.3) is 0 Å². The fraction of sp³-hybridized carbons (Fsp3) is 0.462. The molecule has 0 aromatic heterocycles. The Morgan fingerprint density at radius 1 is 1.17 bits per heavy atom. The quantitative estimate of drug-likeness (QED) is 0.920. The van der Waals surface area contributed by atoms with Crippen molar-refractivity contribution in [3.8, 4) is 0 Å². The van der Waals surface area contributed by atoms with Crippen LogP contribution >= 0.6 is 23.2 Å². The van der Waals surface area contributed by atoms with Gasteiger partial charge in [0.15, 0.2) is 0 Å². The van der Waals surface area contributed by atoms with Crippen LogP contribution in [-0.4, -0.2) is 30.4 Å². The van der Waals surface area contributed by atoms with Crippen LogP contribution in [0.1, 0.15) is 19.3 Å². The SMILES string of the molecule is O=C(CCNc1cc(Cl)cc(Cl)c1)N1CCCC1. The van der Waals surface area contributed by atoms with Crippen molar-refractivity contribution in [1.29, 1.82) is 0 Å². The summed E-state index contributed by atoms with van der Waals surface area (Å²) in [7, 11) is 0. The molecule has 1 aromatic carbocycles. The molecule has 98 valence electrons. The van der Waals surface area contributed by atoms with Gasteiger partial charge in [-0.2, -0.15) is 0 Å². The van der Waals surface area contributed by atoms with Gasteiger partial charge in [-0.25, -0.2) is 0 Å². The predicted molar refractivity (Wildman–Crippen MR) is 75.4 cm³/mol. The number of carbonyl (C=O) groups is 1. The zero-order chi connectivity index (χ0) is 13.0. The molecule has 1 fully saturated rings.